The maximum atomic E-state index is 11.1. The number of carboxylic acids is 1. The number of hydrogen-bond donors (Lipinski definition) is 1. The number of carboxylic acid groups (broad SMARTS) is 1. The summed E-state index contributed by atoms with van der Waals surface area (Å²) < 4.78 is 0. The molecule has 4 nitrogen and oxygen atoms in total. The van der Waals surface area contributed by atoms with Crippen LogP contribution in [0, 0.1) is 5.41 Å². The highest BCUT2D eigenvalue weighted by Gasteiger charge is 2.29. The number of thiazole rings is 1. The van der Waals surface area contributed by atoms with Gasteiger partial charge in [0.1, 0.15) is 0 Å². The summed E-state index contributed by atoms with van der Waals surface area (Å²) >= 11 is 3.47. The highest BCUT2D eigenvalue weighted by Crippen LogP contribution is 2.43. The fraction of sp³-hybridized carbons (Fsp3) is 0.619. The highest BCUT2D eigenvalue weighted by molar-refractivity contribution is 7.14. The van der Waals surface area contributed by atoms with Gasteiger partial charge in [-0.2, -0.15) is 0 Å². The van der Waals surface area contributed by atoms with E-state index in [1.54, 1.807) is 11.3 Å². The smallest absolute Gasteiger partial charge is 0.305 e. The minimum Gasteiger partial charge on any atom is -0.481 e. The van der Waals surface area contributed by atoms with Crippen LogP contribution in [-0.2, 0) is 17.8 Å². The summed E-state index contributed by atoms with van der Waals surface area (Å²) in [6, 6.07) is 4.33. The van der Waals surface area contributed by atoms with Crippen LogP contribution in [0.4, 0.5) is 5.13 Å². The van der Waals surface area contributed by atoms with Crippen LogP contribution >= 0.6 is 22.7 Å². The molecule has 0 amide bonds. The molecule has 0 aliphatic heterocycles. The Morgan fingerprint density at radius 3 is 2.63 bits per heavy atom. The van der Waals surface area contributed by atoms with Crippen molar-refractivity contribution in [3.63, 3.8) is 0 Å². The lowest BCUT2D eigenvalue weighted by Gasteiger charge is -2.33. The molecule has 0 atom stereocenters. The van der Waals surface area contributed by atoms with E-state index >= 15 is 0 Å². The third-order valence-corrected chi connectivity index (χ3v) is 7.68. The van der Waals surface area contributed by atoms with E-state index in [9.17, 15) is 4.79 Å². The molecule has 3 rings (SSSR count). The molecule has 1 aliphatic carbocycles. The quantitative estimate of drug-likeness (QED) is 0.590. The van der Waals surface area contributed by atoms with E-state index in [1.807, 2.05) is 11.3 Å². The molecule has 0 saturated heterocycles. The van der Waals surface area contributed by atoms with Crippen LogP contribution in [0.25, 0.3) is 0 Å². The summed E-state index contributed by atoms with van der Waals surface area (Å²) in [6.45, 7) is 8.11. The Balaban J connectivity index is 1.72. The Morgan fingerprint density at radius 2 is 2.00 bits per heavy atom. The molecule has 1 N–H and O–H groups in total. The van der Waals surface area contributed by atoms with Gasteiger partial charge < -0.3 is 10.0 Å². The Morgan fingerprint density at radius 1 is 1.30 bits per heavy atom. The fourth-order valence-corrected chi connectivity index (χ4v) is 5.57. The number of aryl methyl sites for hydroxylation is 1. The van der Waals surface area contributed by atoms with E-state index in [4.69, 9.17) is 10.1 Å². The van der Waals surface area contributed by atoms with Crippen LogP contribution in [0.3, 0.4) is 0 Å². The molecular weight excluding hydrogens is 376 g/mol. The summed E-state index contributed by atoms with van der Waals surface area (Å²) in [6.07, 6.45) is 6.09. The molecule has 0 unspecified atom stereocenters. The Bertz CT molecular complexity index is 756. The zero-order valence-corrected chi connectivity index (χ0v) is 18.2. The van der Waals surface area contributed by atoms with Crippen molar-refractivity contribution in [3.05, 3.63) is 33.0 Å². The first kappa shape index (κ1) is 20.3. The van der Waals surface area contributed by atoms with Crippen molar-refractivity contribution in [1.29, 1.82) is 0 Å². The topological polar surface area (TPSA) is 53.4 Å². The molecule has 2 aromatic rings. The summed E-state index contributed by atoms with van der Waals surface area (Å²) in [5.74, 6) is -0.204. The summed E-state index contributed by atoms with van der Waals surface area (Å²) in [7, 11) is 0. The van der Waals surface area contributed by atoms with E-state index in [2.05, 4.69) is 43.2 Å². The Hall–Kier alpha value is -1.40. The predicted octanol–water partition coefficient (Wildman–Crippen LogP) is 5.93. The maximum absolute atomic E-state index is 11.1. The lowest BCUT2D eigenvalue weighted by Crippen LogP contribution is -2.25. The molecule has 6 heteroatoms. The molecule has 1 fully saturated rings. The second kappa shape index (κ2) is 8.74. The van der Waals surface area contributed by atoms with Crippen molar-refractivity contribution in [2.75, 3.05) is 11.4 Å². The average molecular weight is 407 g/mol. The molecule has 0 spiro atoms. The molecule has 0 radical (unpaired) electrons. The van der Waals surface area contributed by atoms with Crippen LogP contribution in [0.2, 0.25) is 0 Å². The van der Waals surface area contributed by atoms with Gasteiger partial charge in [0.05, 0.1) is 18.7 Å². The largest absolute Gasteiger partial charge is 0.481 e. The number of anilines is 1. The van der Waals surface area contributed by atoms with Crippen molar-refractivity contribution in [2.45, 2.75) is 71.8 Å². The van der Waals surface area contributed by atoms with Gasteiger partial charge in [0.25, 0.3) is 0 Å². The standard InChI is InChI=1S/C21H30N2O2S2/c1-4-16-5-6-17(27-16)13-23(12-9-19(24)25)20-22-18(14-26-20)15-7-10-21(2,3)11-8-15/h5-6,14-15H,4,7-13H2,1-3H3,(H,24,25). The lowest BCUT2D eigenvalue weighted by molar-refractivity contribution is -0.136. The minimum absolute atomic E-state index is 0.137. The molecule has 27 heavy (non-hydrogen) atoms. The number of aliphatic carboxylic acids is 1. The summed E-state index contributed by atoms with van der Waals surface area (Å²) in [4.78, 5) is 20.8. The van der Waals surface area contributed by atoms with Crippen LogP contribution in [0.1, 0.15) is 74.2 Å². The first-order valence-electron chi connectivity index (χ1n) is 9.86. The molecule has 2 aromatic heterocycles. The van der Waals surface area contributed by atoms with Gasteiger partial charge >= 0.3 is 5.97 Å². The summed E-state index contributed by atoms with van der Waals surface area (Å²) in [5.41, 5.74) is 1.66. The van der Waals surface area contributed by atoms with Crippen molar-refractivity contribution in [3.8, 4) is 0 Å². The van der Waals surface area contributed by atoms with Gasteiger partial charge in [0.2, 0.25) is 0 Å². The van der Waals surface area contributed by atoms with Gasteiger partial charge in [-0.25, -0.2) is 4.98 Å². The molecule has 1 aliphatic rings. The van der Waals surface area contributed by atoms with Crippen LogP contribution in [-0.4, -0.2) is 22.6 Å². The Labute approximate surface area is 170 Å². The van der Waals surface area contributed by atoms with Crippen LogP contribution < -0.4 is 4.90 Å². The first-order valence-corrected chi connectivity index (χ1v) is 11.6. The zero-order chi connectivity index (χ0) is 19.4. The van der Waals surface area contributed by atoms with E-state index in [-0.39, 0.29) is 6.42 Å². The number of carbonyl (C=O) groups is 1. The second-order valence-corrected chi connectivity index (χ2v) is 10.4. The van der Waals surface area contributed by atoms with Gasteiger partial charge in [-0.05, 0) is 49.7 Å². The molecule has 0 aromatic carbocycles. The minimum atomic E-state index is -0.758. The molecule has 2 heterocycles. The van der Waals surface area contributed by atoms with Crippen LogP contribution in [0.15, 0.2) is 17.5 Å². The van der Waals surface area contributed by atoms with E-state index in [0.29, 0.717) is 17.9 Å². The van der Waals surface area contributed by atoms with E-state index < -0.39 is 5.97 Å². The molecule has 148 valence electrons. The monoisotopic (exact) mass is 406 g/mol. The number of nitrogens with zero attached hydrogens (tertiary/aromatic N) is 2. The van der Waals surface area contributed by atoms with Crippen molar-refractivity contribution < 1.29 is 9.90 Å². The number of hydrogen-bond acceptors (Lipinski definition) is 5. The molecule has 1 saturated carbocycles. The predicted molar refractivity (Wildman–Crippen MR) is 114 cm³/mol. The van der Waals surface area contributed by atoms with Crippen molar-refractivity contribution in [1.82, 2.24) is 4.98 Å². The van der Waals surface area contributed by atoms with Crippen LogP contribution in [0.5, 0.6) is 0 Å². The third-order valence-electron chi connectivity index (χ3n) is 5.55. The first-order chi connectivity index (χ1) is 12.9. The molecular formula is C21H30N2O2S2. The fourth-order valence-electron chi connectivity index (χ4n) is 3.66. The highest BCUT2D eigenvalue weighted by atomic mass is 32.1. The number of rotatable bonds is 8. The zero-order valence-electron chi connectivity index (χ0n) is 16.5. The van der Waals surface area contributed by atoms with Crippen molar-refractivity contribution >= 4 is 33.8 Å². The average Bonchev–Trinajstić information content (AvgIpc) is 3.27. The normalized spacial score (nSPS) is 17.1. The van der Waals surface area contributed by atoms with Gasteiger partial charge in [-0.3, -0.25) is 4.79 Å². The second-order valence-electron chi connectivity index (χ2n) is 8.28. The SMILES string of the molecule is CCc1ccc(CN(CCC(=O)O)c2nc(C3CCC(C)(C)CC3)cs2)s1. The van der Waals surface area contributed by atoms with E-state index in [0.717, 1.165) is 18.1 Å². The van der Waals surface area contributed by atoms with Gasteiger partial charge in [-0.1, -0.05) is 20.8 Å². The number of thiophene rings is 1. The molecule has 0 bridgehead atoms. The van der Waals surface area contributed by atoms with Gasteiger partial charge in [0.15, 0.2) is 5.13 Å². The van der Waals surface area contributed by atoms with Gasteiger partial charge in [-0.15, -0.1) is 22.7 Å². The lowest BCUT2D eigenvalue weighted by atomic mass is 9.72. The maximum Gasteiger partial charge on any atom is 0.305 e. The Kier molecular flexibility index (Phi) is 6.58. The number of aromatic nitrogens is 1. The summed E-state index contributed by atoms with van der Waals surface area (Å²) in [5, 5.41) is 12.3. The van der Waals surface area contributed by atoms with Crippen molar-refractivity contribution in [2.24, 2.45) is 5.41 Å². The van der Waals surface area contributed by atoms with E-state index in [1.165, 1.54) is 41.1 Å². The van der Waals surface area contributed by atoms with Gasteiger partial charge in [0, 0.05) is 27.6 Å². The third kappa shape index (κ3) is 5.55.